The molecule has 0 aliphatic heterocycles. The van der Waals surface area contributed by atoms with Crippen molar-refractivity contribution in [1.82, 2.24) is 0 Å². The lowest BCUT2D eigenvalue weighted by Crippen LogP contribution is -2.29. The van der Waals surface area contributed by atoms with Crippen LogP contribution in [0.5, 0.6) is 0 Å². The summed E-state index contributed by atoms with van der Waals surface area (Å²) >= 11 is 0. The Bertz CT molecular complexity index is 1280. The lowest BCUT2D eigenvalue weighted by molar-refractivity contribution is -0.154. The molecule has 10 heteroatoms. The molecule has 0 aromatic carbocycles. The molecule has 0 aromatic heterocycles. The van der Waals surface area contributed by atoms with E-state index in [1.165, 1.54) is 38.5 Å². The highest BCUT2D eigenvalue weighted by Crippen LogP contribution is 2.43. The number of carbonyl (C=O) groups is 1. The third-order valence-corrected chi connectivity index (χ3v) is 10.7. The minimum atomic E-state index is -4.54. The molecule has 0 saturated carbocycles. The summed E-state index contributed by atoms with van der Waals surface area (Å²) in [6.45, 7) is 3.30. The maximum absolute atomic E-state index is 12.7. The smallest absolute Gasteiger partial charge is 0.457 e. The van der Waals surface area contributed by atoms with E-state index in [9.17, 15) is 19.4 Å². The Morgan fingerprint density at radius 1 is 0.516 bits per heavy atom. The first-order chi connectivity index (χ1) is 30.3. The topological polar surface area (TPSA) is 132 Å². The molecule has 0 rings (SSSR count). The molecule has 0 heterocycles. The van der Waals surface area contributed by atoms with Crippen molar-refractivity contribution in [1.29, 1.82) is 0 Å². The average Bonchev–Trinajstić information content (AvgIpc) is 3.26. The summed E-state index contributed by atoms with van der Waals surface area (Å²) in [7, 11) is -4.54. The molecular formula is C52H89O9P. The van der Waals surface area contributed by atoms with Crippen LogP contribution in [0.3, 0.4) is 0 Å². The van der Waals surface area contributed by atoms with Gasteiger partial charge in [-0.2, -0.15) is 0 Å². The van der Waals surface area contributed by atoms with Crippen LogP contribution in [-0.4, -0.2) is 66.3 Å². The zero-order valence-corrected chi connectivity index (χ0v) is 39.9. The molecule has 356 valence electrons. The standard InChI is InChI=1S/C52H89O9P/c1-3-5-7-9-11-13-15-17-19-21-23-25-26-28-30-32-34-36-38-40-42-44-52(55)61-51(49-60-62(56,57)59-47-50(54)46-53)48-58-45-43-41-39-37-35-33-31-29-27-24-22-20-18-16-14-12-10-8-6-4-2/h6,8,12,14-15,17-18,20-21,23-24,26-28,31,33,50-51,53-54H,3-5,7,9-11,13,16,19,22,25,29-30,32,34-49H2,1-2H3,(H,56,57)/b8-6-,14-12-,17-15-,20-18-,23-21-,27-24-,28-26-,33-31-. The van der Waals surface area contributed by atoms with Gasteiger partial charge in [-0.05, 0) is 96.3 Å². The first-order valence-corrected chi connectivity index (χ1v) is 25.7. The molecule has 0 aliphatic rings. The molecule has 9 nitrogen and oxygen atoms in total. The fourth-order valence-electron chi connectivity index (χ4n) is 6.09. The van der Waals surface area contributed by atoms with Gasteiger partial charge in [0.1, 0.15) is 12.2 Å². The van der Waals surface area contributed by atoms with Crippen molar-refractivity contribution in [2.24, 2.45) is 0 Å². The summed E-state index contributed by atoms with van der Waals surface area (Å²) in [5.41, 5.74) is 0. The van der Waals surface area contributed by atoms with E-state index in [0.717, 1.165) is 116 Å². The van der Waals surface area contributed by atoms with E-state index in [1.54, 1.807) is 0 Å². The number of ether oxygens (including phenoxy) is 2. The summed E-state index contributed by atoms with van der Waals surface area (Å²) < 4.78 is 33.4. The summed E-state index contributed by atoms with van der Waals surface area (Å²) in [5.74, 6) is -0.408. The van der Waals surface area contributed by atoms with E-state index in [1.807, 2.05) is 0 Å². The Morgan fingerprint density at radius 3 is 1.39 bits per heavy atom. The van der Waals surface area contributed by atoms with E-state index in [0.29, 0.717) is 13.0 Å². The largest absolute Gasteiger partial charge is 0.472 e. The number of hydrogen-bond donors (Lipinski definition) is 3. The molecule has 3 atom stereocenters. The van der Waals surface area contributed by atoms with E-state index < -0.39 is 45.8 Å². The average molecular weight is 889 g/mol. The van der Waals surface area contributed by atoms with Crippen molar-refractivity contribution in [2.75, 3.05) is 33.0 Å². The van der Waals surface area contributed by atoms with Gasteiger partial charge in [-0.15, -0.1) is 0 Å². The molecule has 0 aromatic rings. The Balaban J connectivity index is 4.23. The Hall–Kier alpha value is -2.62. The molecule has 0 bridgehead atoms. The highest BCUT2D eigenvalue weighted by atomic mass is 31.2. The quantitative estimate of drug-likeness (QED) is 0.0237. The third-order valence-electron chi connectivity index (χ3n) is 9.75. The van der Waals surface area contributed by atoms with E-state index in [4.69, 9.17) is 23.6 Å². The van der Waals surface area contributed by atoms with Crippen LogP contribution >= 0.6 is 7.82 Å². The second-order valence-corrected chi connectivity index (χ2v) is 17.2. The molecule has 0 fully saturated rings. The van der Waals surface area contributed by atoms with Gasteiger partial charge in [0, 0.05) is 13.0 Å². The second-order valence-electron chi connectivity index (χ2n) is 15.7. The number of rotatable bonds is 45. The minimum Gasteiger partial charge on any atom is -0.457 e. The van der Waals surface area contributed by atoms with Crippen LogP contribution in [0.4, 0.5) is 0 Å². The number of esters is 1. The maximum Gasteiger partial charge on any atom is 0.472 e. The van der Waals surface area contributed by atoms with Gasteiger partial charge in [-0.1, -0.05) is 175 Å². The number of aliphatic hydroxyl groups excluding tert-OH is 2. The van der Waals surface area contributed by atoms with Gasteiger partial charge in [0.05, 0.1) is 26.4 Å². The van der Waals surface area contributed by atoms with E-state index in [2.05, 4.69) is 111 Å². The zero-order chi connectivity index (χ0) is 45.3. The van der Waals surface area contributed by atoms with Gasteiger partial charge in [-0.3, -0.25) is 13.8 Å². The summed E-state index contributed by atoms with van der Waals surface area (Å²) in [4.78, 5) is 22.7. The predicted octanol–water partition coefficient (Wildman–Crippen LogP) is 14.0. The monoisotopic (exact) mass is 889 g/mol. The molecule has 0 spiro atoms. The van der Waals surface area contributed by atoms with E-state index >= 15 is 0 Å². The maximum atomic E-state index is 12.7. The van der Waals surface area contributed by atoms with Crippen LogP contribution in [0.1, 0.15) is 181 Å². The van der Waals surface area contributed by atoms with Crippen LogP contribution < -0.4 is 0 Å². The highest BCUT2D eigenvalue weighted by molar-refractivity contribution is 7.47. The first-order valence-electron chi connectivity index (χ1n) is 24.2. The number of phosphoric ester groups is 1. The first kappa shape index (κ1) is 59.4. The molecule has 3 N–H and O–H groups in total. The lowest BCUT2D eigenvalue weighted by Gasteiger charge is -2.20. The van der Waals surface area contributed by atoms with Crippen molar-refractivity contribution in [2.45, 2.75) is 193 Å². The molecule has 0 amide bonds. The summed E-state index contributed by atoms with van der Waals surface area (Å²) in [6, 6.07) is 0. The van der Waals surface area contributed by atoms with Gasteiger partial charge >= 0.3 is 13.8 Å². The van der Waals surface area contributed by atoms with Crippen molar-refractivity contribution in [3.05, 3.63) is 97.2 Å². The van der Waals surface area contributed by atoms with Crippen LogP contribution in [0.15, 0.2) is 97.2 Å². The highest BCUT2D eigenvalue weighted by Gasteiger charge is 2.26. The van der Waals surface area contributed by atoms with Gasteiger partial charge < -0.3 is 24.6 Å². The molecule has 0 aliphatic carbocycles. The lowest BCUT2D eigenvalue weighted by atomic mass is 10.1. The number of carbonyl (C=O) groups excluding carboxylic acids is 1. The number of hydrogen-bond acceptors (Lipinski definition) is 8. The van der Waals surface area contributed by atoms with Gasteiger partial charge in [0.15, 0.2) is 0 Å². The van der Waals surface area contributed by atoms with E-state index in [-0.39, 0.29) is 13.0 Å². The number of aliphatic hydroxyl groups is 2. The Morgan fingerprint density at radius 2 is 0.919 bits per heavy atom. The predicted molar refractivity (Wildman–Crippen MR) is 260 cm³/mol. The summed E-state index contributed by atoms with van der Waals surface area (Å²) in [5, 5.41) is 18.4. The number of allylic oxidation sites excluding steroid dienone is 16. The van der Waals surface area contributed by atoms with Crippen molar-refractivity contribution >= 4 is 13.8 Å². The van der Waals surface area contributed by atoms with Crippen LogP contribution in [0.25, 0.3) is 0 Å². The fourth-order valence-corrected chi connectivity index (χ4v) is 6.88. The van der Waals surface area contributed by atoms with Gasteiger partial charge in [0.25, 0.3) is 0 Å². The minimum absolute atomic E-state index is 0.0203. The third kappa shape index (κ3) is 46.9. The number of phosphoric acid groups is 1. The van der Waals surface area contributed by atoms with Gasteiger partial charge in [0.2, 0.25) is 0 Å². The molecule has 0 radical (unpaired) electrons. The van der Waals surface area contributed by atoms with Crippen LogP contribution in [0, 0.1) is 0 Å². The molecule has 0 saturated heterocycles. The molecule has 62 heavy (non-hydrogen) atoms. The number of unbranched alkanes of at least 4 members (excludes halogenated alkanes) is 15. The summed E-state index contributed by atoms with van der Waals surface area (Å²) in [6.07, 6.45) is 60.8. The van der Waals surface area contributed by atoms with Crippen molar-refractivity contribution < 1.29 is 43.0 Å². The Labute approximate surface area is 378 Å². The SMILES string of the molecule is CC/C=C\C/C=C\C/C=C\C/C=C\C/C=C\CCCCCCOCC(COP(=O)(O)OCC(O)CO)OC(=O)CCCCCCCC/C=C\C/C=C\C/C=C\CCCCCCC. The molecule has 3 unspecified atom stereocenters. The fraction of sp³-hybridized carbons (Fsp3) is 0.673. The Kier molecular flexibility index (Phi) is 45.8. The van der Waals surface area contributed by atoms with Crippen LogP contribution in [-0.2, 0) is 27.9 Å². The van der Waals surface area contributed by atoms with Crippen molar-refractivity contribution in [3.63, 3.8) is 0 Å². The zero-order valence-electron chi connectivity index (χ0n) is 39.1. The normalized spacial score (nSPS) is 14.7. The van der Waals surface area contributed by atoms with Gasteiger partial charge in [-0.25, -0.2) is 4.57 Å². The second kappa shape index (κ2) is 47.8. The van der Waals surface area contributed by atoms with Crippen molar-refractivity contribution in [3.8, 4) is 0 Å². The molecular weight excluding hydrogens is 800 g/mol. The van der Waals surface area contributed by atoms with Crippen LogP contribution in [0.2, 0.25) is 0 Å².